The molecule has 2 unspecified atom stereocenters. The van der Waals surface area contributed by atoms with Crippen LogP contribution in [0.2, 0.25) is 0 Å². The number of benzene rings is 1. The van der Waals surface area contributed by atoms with Gasteiger partial charge in [-0.2, -0.15) is 0 Å². The van der Waals surface area contributed by atoms with Crippen molar-refractivity contribution in [2.45, 2.75) is 58.9 Å². The second-order valence-corrected chi connectivity index (χ2v) is 6.60. The quantitative estimate of drug-likeness (QED) is 0.849. The molecule has 1 aliphatic heterocycles. The molecule has 1 aliphatic rings. The molecule has 0 amide bonds. The zero-order valence-corrected chi connectivity index (χ0v) is 12.5. The minimum atomic E-state index is 0.308. The van der Waals surface area contributed by atoms with Crippen LogP contribution in [0.1, 0.15) is 50.3 Å². The largest absolute Gasteiger partial charge is 0.313 e. The molecule has 2 atom stereocenters. The fourth-order valence-electron chi connectivity index (χ4n) is 3.16. The minimum absolute atomic E-state index is 0.308. The van der Waals surface area contributed by atoms with E-state index < -0.39 is 0 Å². The van der Waals surface area contributed by atoms with Crippen molar-refractivity contribution in [2.24, 2.45) is 5.92 Å². The van der Waals surface area contributed by atoms with Gasteiger partial charge < -0.3 is 5.32 Å². The molecule has 1 heterocycles. The third-order valence-corrected chi connectivity index (χ3v) is 4.68. The van der Waals surface area contributed by atoms with Crippen LogP contribution in [-0.2, 0) is 5.41 Å². The predicted molar refractivity (Wildman–Crippen MR) is 79.1 cm³/mol. The third-order valence-electron chi connectivity index (χ3n) is 4.68. The molecule has 1 aromatic rings. The molecule has 0 aromatic heterocycles. The summed E-state index contributed by atoms with van der Waals surface area (Å²) in [6.45, 7) is 12.6. The summed E-state index contributed by atoms with van der Waals surface area (Å²) in [5.74, 6) is 0.756. The molecule has 2 rings (SSSR count). The lowest BCUT2D eigenvalue weighted by molar-refractivity contribution is 0.344. The fraction of sp³-hybridized carbons (Fsp3) is 0.647. The van der Waals surface area contributed by atoms with Gasteiger partial charge in [0.15, 0.2) is 0 Å². The molecular weight excluding hydrogens is 218 g/mol. The first-order valence-electron chi connectivity index (χ1n) is 7.24. The molecule has 0 radical (unpaired) electrons. The lowest BCUT2D eigenvalue weighted by Crippen LogP contribution is -2.39. The molecule has 1 N–H and O–H groups in total. The Balaban J connectivity index is 2.30. The van der Waals surface area contributed by atoms with Crippen LogP contribution < -0.4 is 5.32 Å². The van der Waals surface area contributed by atoms with Crippen molar-refractivity contribution in [2.75, 3.05) is 6.54 Å². The molecule has 1 aromatic carbocycles. The molecular formula is C17H27N. The van der Waals surface area contributed by atoms with Gasteiger partial charge in [-0.15, -0.1) is 0 Å². The summed E-state index contributed by atoms with van der Waals surface area (Å²) >= 11 is 0. The van der Waals surface area contributed by atoms with E-state index in [0.717, 1.165) is 12.5 Å². The van der Waals surface area contributed by atoms with Gasteiger partial charge >= 0.3 is 0 Å². The highest BCUT2D eigenvalue weighted by molar-refractivity contribution is 5.36. The van der Waals surface area contributed by atoms with E-state index in [1.807, 2.05) is 0 Å². The maximum absolute atomic E-state index is 3.71. The summed E-state index contributed by atoms with van der Waals surface area (Å²) in [4.78, 5) is 0. The number of hydrogen-bond acceptors (Lipinski definition) is 1. The van der Waals surface area contributed by atoms with Crippen LogP contribution in [-0.4, -0.2) is 12.6 Å². The zero-order valence-electron chi connectivity index (χ0n) is 12.5. The molecule has 18 heavy (non-hydrogen) atoms. The van der Waals surface area contributed by atoms with Crippen molar-refractivity contribution in [3.63, 3.8) is 0 Å². The smallest absolute Gasteiger partial charge is 0.0164 e. The van der Waals surface area contributed by atoms with E-state index in [1.54, 1.807) is 0 Å². The monoisotopic (exact) mass is 245 g/mol. The number of hydrogen-bond donors (Lipinski definition) is 1. The Hall–Kier alpha value is -0.820. The first kappa shape index (κ1) is 13.6. The highest BCUT2D eigenvalue weighted by atomic mass is 15.0. The van der Waals surface area contributed by atoms with Crippen LogP contribution >= 0.6 is 0 Å². The SMILES string of the molecule is Cc1ccc(C2(C)CCNC2CC(C)C)cc1C. The second kappa shape index (κ2) is 5.05. The van der Waals surface area contributed by atoms with E-state index in [2.05, 4.69) is 58.1 Å². The van der Waals surface area contributed by atoms with Crippen molar-refractivity contribution in [3.8, 4) is 0 Å². The zero-order chi connectivity index (χ0) is 13.3. The van der Waals surface area contributed by atoms with Gasteiger partial charge in [0.05, 0.1) is 0 Å². The van der Waals surface area contributed by atoms with E-state index >= 15 is 0 Å². The van der Waals surface area contributed by atoms with Crippen LogP contribution in [0, 0.1) is 19.8 Å². The third kappa shape index (κ3) is 2.47. The van der Waals surface area contributed by atoms with Crippen molar-refractivity contribution in [1.29, 1.82) is 0 Å². The highest BCUT2D eigenvalue weighted by Crippen LogP contribution is 2.38. The van der Waals surface area contributed by atoms with Gasteiger partial charge in [-0.25, -0.2) is 0 Å². The summed E-state index contributed by atoms with van der Waals surface area (Å²) in [6, 6.07) is 7.64. The topological polar surface area (TPSA) is 12.0 Å². The summed E-state index contributed by atoms with van der Waals surface area (Å²) in [5, 5.41) is 3.71. The molecule has 100 valence electrons. The molecule has 0 spiro atoms. The lowest BCUT2D eigenvalue weighted by Gasteiger charge is -2.33. The molecule has 1 fully saturated rings. The van der Waals surface area contributed by atoms with Crippen molar-refractivity contribution >= 4 is 0 Å². The molecule has 1 heteroatoms. The molecule has 0 bridgehead atoms. The summed E-state index contributed by atoms with van der Waals surface area (Å²) < 4.78 is 0. The Bertz CT molecular complexity index is 422. The van der Waals surface area contributed by atoms with Crippen LogP contribution in [0.3, 0.4) is 0 Å². The predicted octanol–water partition coefficient (Wildman–Crippen LogP) is 3.97. The van der Waals surface area contributed by atoms with E-state index in [4.69, 9.17) is 0 Å². The van der Waals surface area contributed by atoms with Gasteiger partial charge in [-0.1, -0.05) is 39.0 Å². The van der Waals surface area contributed by atoms with Crippen LogP contribution in [0.15, 0.2) is 18.2 Å². The minimum Gasteiger partial charge on any atom is -0.313 e. The first-order valence-corrected chi connectivity index (χ1v) is 7.24. The van der Waals surface area contributed by atoms with Crippen molar-refractivity contribution in [1.82, 2.24) is 5.32 Å². The van der Waals surface area contributed by atoms with Crippen LogP contribution in [0.5, 0.6) is 0 Å². The first-order chi connectivity index (χ1) is 8.43. The standard InChI is InChI=1S/C17H27N/c1-12(2)10-16-17(5,8-9-18-16)15-7-6-13(3)14(4)11-15/h6-7,11-12,16,18H,8-10H2,1-5H3. The van der Waals surface area contributed by atoms with Crippen LogP contribution in [0.25, 0.3) is 0 Å². The lowest BCUT2D eigenvalue weighted by atomic mass is 9.73. The van der Waals surface area contributed by atoms with Gasteiger partial charge in [-0.3, -0.25) is 0 Å². The Kier molecular flexibility index (Phi) is 3.82. The number of rotatable bonds is 3. The Morgan fingerprint density at radius 2 is 2.00 bits per heavy atom. The Morgan fingerprint density at radius 1 is 1.28 bits per heavy atom. The van der Waals surface area contributed by atoms with Crippen molar-refractivity contribution in [3.05, 3.63) is 34.9 Å². The van der Waals surface area contributed by atoms with E-state index in [-0.39, 0.29) is 0 Å². The average molecular weight is 245 g/mol. The Labute approximate surface area is 112 Å². The Morgan fingerprint density at radius 3 is 2.61 bits per heavy atom. The second-order valence-electron chi connectivity index (χ2n) is 6.60. The number of aryl methyl sites for hydroxylation is 2. The number of nitrogens with one attached hydrogen (secondary N) is 1. The summed E-state index contributed by atoms with van der Waals surface area (Å²) in [7, 11) is 0. The van der Waals surface area contributed by atoms with Gasteiger partial charge in [0.25, 0.3) is 0 Å². The van der Waals surface area contributed by atoms with Crippen LogP contribution in [0.4, 0.5) is 0 Å². The van der Waals surface area contributed by atoms with Gasteiger partial charge in [0.1, 0.15) is 0 Å². The average Bonchev–Trinajstić information content (AvgIpc) is 2.65. The van der Waals surface area contributed by atoms with E-state index in [9.17, 15) is 0 Å². The van der Waals surface area contributed by atoms with E-state index in [0.29, 0.717) is 11.5 Å². The highest BCUT2D eigenvalue weighted by Gasteiger charge is 2.40. The van der Waals surface area contributed by atoms with Crippen molar-refractivity contribution < 1.29 is 0 Å². The maximum Gasteiger partial charge on any atom is 0.0164 e. The van der Waals surface area contributed by atoms with Gasteiger partial charge in [0, 0.05) is 11.5 Å². The van der Waals surface area contributed by atoms with Gasteiger partial charge in [-0.05, 0) is 55.8 Å². The summed E-state index contributed by atoms with van der Waals surface area (Å²) in [5.41, 5.74) is 4.64. The van der Waals surface area contributed by atoms with Gasteiger partial charge in [0.2, 0.25) is 0 Å². The molecule has 1 nitrogen and oxygen atoms in total. The fourth-order valence-corrected chi connectivity index (χ4v) is 3.16. The normalized spacial score (nSPS) is 28.0. The maximum atomic E-state index is 3.71. The molecule has 1 saturated heterocycles. The molecule has 0 saturated carbocycles. The molecule has 0 aliphatic carbocycles. The van der Waals surface area contributed by atoms with E-state index in [1.165, 1.54) is 29.5 Å². The summed E-state index contributed by atoms with van der Waals surface area (Å²) in [6.07, 6.45) is 2.52.